The fourth-order valence-corrected chi connectivity index (χ4v) is 4.44. The van der Waals surface area contributed by atoms with Crippen LogP contribution in [0.3, 0.4) is 0 Å². The average Bonchev–Trinajstić information content (AvgIpc) is 3.16. The van der Waals surface area contributed by atoms with Crippen molar-refractivity contribution in [2.24, 2.45) is 0 Å². The monoisotopic (exact) mass is 426 g/mol. The van der Waals surface area contributed by atoms with Crippen LogP contribution in [0.1, 0.15) is 24.8 Å². The molecule has 4 rings (SSSR count). The first-order valence-electron chi connectivity index (χ1n) is 9.84. The van der Waals surface area contributed by atoms with E-state index in [-0.39, 0.29) is 5.91 Å². The Hall–Kier alpha value is -2.31. The Labute approximate surface area is 180 Å². The van der Waals surface area contributed by atoms with Gasteiger partial charge in [-0.05, 0) is 49.1 Å². The van der Waals surface area contributed by atoms with E-state index in [4.69, 9.17) is 11.6 Å². The number of amides is 1. The lowest BCUT2D eigenvalue weighted by Crippen LogP contribution is -2.36. The Kier molecular flexibility index (Phi) is 6.52. The zero-order chi connectivity index (χ0) is 20.1. The lowest BCUT2D eigenvalue weighted by Gasteiger charge is -2.26. The molecular weight excluding hydrogens is 404 g/mol. The van der Waals surface area contributed by atoms with Crippen LogP contribution in [0.15, 0.2) is 59.8 Å². The van der Waals surface area contributed by atoms with Gasteiger partial charge < -0.3 is 4.90 Å². The first kappa shape index (κ1) is 20.0. The number of likely N-dealkylation sites (tertiary alicyclic amines) is 1. The first-order valence-corrected chi connectivity index (χ1v) is 11.2. The molecule has 0 bridgehead atoms. The number of thioether (sulfide) groups is 1. The first-order chi connectivity index (χ1) is 14.2. The SMILES string of the molecule is O=C(CSc1nnc(-c2ccc(Cl)cc2)n1Cc1ccccc1)N1CCCCC1. The van der Waals surface area contributed by atoms with Crippen LogP contribution < -0.4 is 0 Å². The minimum atomic E-state index is 0.178. The van der Waals surface area contributed by atoms with Gasteiger partial charge in [-0.2, -0.15) is 0 Å². The molecular formula is C22H23ClN4OS. The predicted molar refractivity (Wildman–Crippen MR) is 117 cm³/mol. The summed E-state index contributed by atoms with van der Waals surface area (Å²) in [5, 5.41) is 10.3. The predicted octanol–water partition coefficient (Wildman–Crippen LogP) is 4.75. The molecule has 1 aliphatic heterocycles. The number of nitrogens with zero attached hydrogens (tertiary/aromatic N) is 4. The van der Waals surface area contributed by atoms with Crippen LogP contribution >= 0.6 is 23.4 Å². The third-order valence-electron chi connectivity index (χ3n) is 5.04. The van der Waals surface area contributed by atoms with Crippen molar-refractivity contribution in [1.82, 2.24) is 19.7 Å². The Balaban J connectivity index is 1.57. The third-order valence-corrected chi connectivity index (χ3v) is 6.24. The summed E-state index contributed by atoms with van der Waals surface area (Å²) >= 11 is 7.50. The van der Waals surface area contributed by atoms with Gasteiger partial charge in [0, 0.05) is 23.7 Å². The van der Waals surface area contributed by atoms with E-state index in [9.17, 15) is 4.79 Å². The summed E-state index contributed by atoms with van der Waals surface area (Å²) in [5.41, 5.74) is 2.11. The van der Waals surface area contributed by atoms with E-state index in [2.05, 4.69) is 26.9 Å². The van der Waals surface area contributed by atoms with Crippen LogP contribution in [0.4, 0.5) is 0 Å². The molecule has 1 aliphatic rings. The minimum absolute atomic E-state index is 0.178. The normalized spacial score (nSPS) is 14.2. The molecule has 150 valence electrons. The van der Waals surface area contributed by atoms with Crippen molar-refractivity contribution < 1.29 is 4.79 Å². The van der Waals surface area contributed by atoms with E-state index in [1.54, 1.807) is 0 Å². The van der Waals surface area contributed by atoms with Crippen LogP contribution in [-0.2, 0) is 11.3 Å². The summed E-state index contributed by atoms with van der Waals surface area (Å²) in [6, 6.07) is 17.8. The van der Waals surface area contributed by atoms with E-state index in [0.29, 0.717) is 17.3 Å². The van der Waals surface area contributed by atoms with E-state index in [1.165, 1.54) is 18.2 Å². The van der Waals surface area contributed by atoms with Crippen LogP contribution in [0.2, 0.25) is 5.02 Å². The van der Waals surface area contributed by atoms with Gasteiger partial charge in [0.1, 0.15) is 0 Å². The minimum Gasteiger partial charge on any atom is -0.342 e. The van der Waals surface area contributed by atoms with Gasteiger partial charge in [-0.1, -0.05) is 53.7 Å². The van der Waals surface area contributed by atoms with Crippen LogP contribution in [-0.4, -0.2) is 44.4 Å². The van der Waals surface area contributed by atoms with E-state index >= 15 is 0 Å². The number of piperidine rings is 1. The molecule has 0 N–H and O–H groups in total. The van der Waals surface area contributed by atoms with Gasteiger partial charge in [-0.15, -0.1) is 10.2 Å². The molecule has 0 atom stereocenters. The second kappa shape index (κ2) is 9.46. The lowest BCUT2D eigenvalue weighted by atomic mass is 10.1. The molecule has 2 heterocycles. The van der Waals surface area contributed by atoms with Gasteiger partial charge in [0.15, 0.2) is 11.0 Å². The number of carbonyl (C=O) groups excluding carboxylic acids is 1. The summed E-state index contributed by atoms with van der Waals surface area (Å²) in [4.78, 5) is 14.6. The van der Waals surface area contributed by atoms with Gasteiger partial charge in [0.25, 0.3) is 0 Å². The standard InChI is InChI=1S/C22H23ClN4OS/c23-19-11-9-18(10-12-19)21-24-25-22(27(21)15-17-7-3-1-4-8-17)29-16-20(28)26-13-5-2-6-14-26/h1,3-4,7-12H,2,5-6,13-16H2. The number of hydrogen-bond acceptors (Lipinski definition) is 4. The Morgan fingerprint density at radius 3 is 2.41 bits per heavy atom. The maximum Gasteiger partial charge on any atom is 0.233 e. The summed E-state index contributed by atoms with van der Waals surface area (Å²) in [6.07, 6.45) is 3.41. The second-order valence-corrected chi connectivity index (χ2v) is 8.49. The number of hydrogen-bond donors (Lipinski definition) is 0. The van der Waals surface area contributed by atoms with Gasteiger partial charge in [-0.25, -0.2) is 0 Å². The van der Waals surface area contributed by atoms with Crippen molar-refractivity contribution in [3.05, 3.63) is 65.2 Å². The number of rotatable bonds is 6. The molecule has 1 amide bonds. The van der Waals surface area contributed by atoms with Crippen molar-refractivity contribution >= 4 is 29.3 Å². The molecule has 0 spiro atoms. The molecule has 3 aromatic rings. The highest BCUT2D eigenvalue weighted by atomic mass is 35.5. The zero-order valence-electron chi connectivity index (χ0n) is 16.1. The fraction of sp³-hybridized carbons (Fsp3) is 0.318. The van der Waals surface area contributed by atoms with Gasteiger partial charge >= 0.3 is 0 Å². The highest BCUT2D eigenvalue weighted by molar-refractivity contribution is 7.99. The molecule has 2 aromatic carbocycles. The third kappa shape index (κ3) is 5.00. The highest BCUT2D eigenvalue weighted by Gasteiger charge is 2.20. The van der Waals surface area contributed by atoms with Crippen molar-refractivity contribution in [3.8, 4) is 11.4 Å². The number of aromatic nitrogens is 3. The second-order valence-electron chi connectivity index (χ2n) is 7.11. The topological polar surface area (TPSA) is 51.0 Å². The van der Waals surface area contributed by atoms with E-state index < -0.39 is 0 Å². The van der Waals surface area contributed by atoms with Crippen molar-refractivity contribution in [1.29, 1.82) is 0 Å². The van der Waals surface area contributed by atoms with Gasteiger partial charge in [0.05, 0.1) is 12.3 Å². The number of carbonyl (C=O) groups is 1. The summed E-state index contributed by atoms with van der Waals surface area (Å²) in [6.45, 7) is 2.38. The largest absolute Gasteiger partial charge is 0.342 e. The Morgan fingerprint density at radius 1 is 0.966 bits per heavy atom. The highest BCUT2D eigenvalue weighted by Crippen LogP contribution is 2.26. The van der Waals surface area contributed by atoms with Crippen molar-refractivity contribution in [3.63, 3.8) is 0 Å². The molecule has 7 heteroatoms. The van der Waals surface area contributed by atoms with E-state index in [0.717, 1.165) is 48.0 Å². The Morgan fingerprint density at radius 2 is 1.69 bits per heavy atom. The average molecular weight is 427 g/mol. The zero-order valence-corrected chi connectivity index (χ0v) is 17.7. The molecule has 1 fully saturated rings. The lowest BCUT2D eigenvalue weighted by molar-refractivity contribution is -0.129. The van der Waals surface area contributed by atoms with Crippen LogP contribution in [0.25, 0.3) is 11.4 Å². The summed E-state index contributed by atoms with van der Waals surface area (Å²) in [7, 11) is 0. The quantitative estimate of drug-likeness (QED) is 0.533. The molecule has 0 aliphatic carbocycles. The van der Waals surface area contributed by atoms with Crippen LogP contribution in [0.5, 0.6) is 0 Å². The number of halogens is 1. The molecule has 1 saturated heterocycles. The van der Waals surface area contributed by atoms with Crippen molar-refractivity contribution in [2.45, 2.75) is 31.0 Å². The molecule has 0 saturated carbocycles. The molecule has 5 nitrogen and oxygen atoms in total. The molecule has 1 aromatic heterocycles. The smallest absolute Gasteiger partial charge is 0.233 e. The number of benzene rings is 2. The Bertz CT molecular complexity index is 953. The van der Waals surface area contributed by atoms with Crippen molar-refractivity contribution in [2.75, 3.05) is 18.8 Å². The summed E-state index contributed by atoms with van der Waals surface area (Å²) in [5.74, 6) is 1.34. The van der Waals surface area contributed by atoms with Gasteiger partial charge in [-0.3, -0.25) is 9.36 Å². The summed E-state index contributed by atoms with van der Waals surface area (Å²) < 4.78 is 2.08. The van der Waals surface area contributed by atoms with Gasteiger partial charge in [0.2, 0.25) is 5.91 Å². The van der Waals surface area contributed by atoms with Crippen LogP contribution in [0, 0.1) is 0 Å². The maximum absolute atomic E-state index is 12.6. The molecule has 0 unspecified atom stereocenters. The molecule has 0 radical (unpaired) electrons. The molecule has 29 heavy (non-hydrogen) atoms. The van der Waals surface area contributed by atoms with E-state index in [1.807, 2.05) is 47.4 Å². The fourth-order valence-electron chi connectivity index (χ4n) is 3.48. The maximum atomic E-state index is 12.6.